The summed E-state index contributed by atoms with van der Waals surface area (Å²) in [5, 5.41) is 2.89. The van der Waals surface area contributed by atoms with Crippen LogP contribution in [0.4, 0.5) is 10.6 Å². The standard InChI is InChI=1S/C20H25N5O3/c1-3-28-20(27)25-11-9-24(10-12-25)18-13-17(22-15(2)23-18)19(26)21-14-16-7-5-4-6-8-16/h4-8,13H,3,9-12,14H2,1-2H3,(H,21,26). The zero-order chi connectivity index (χ0) is 19.9. The molecule has 0 atom stereocenters. The number of anilines is 1. The van der Waals surface area contributed by atoms with Gasteiger partial charge in [0.25, 0.3) is 5.91 Å². The number of carbonyl (C=O) groups is 2. The van der Waals surface area contributed by atoms with Crippen molar-refractivity contribution >= 4 is 17.8 Å². The van der Waals surface area contributed by atoms with E-state index in [1.54, 1.807) is 24.8 Å². The predicted molar refractivity (Wildman–Crippen MR) is 105 cm³/mol. The lowest BCUT2D eigenvalue weighted by Gasteiger charge is -2.34. The number of piperazine rings is 1. The fraction of sp³-hybridized carbons (Fsp3) is 0.400. The van der Waals surface area contributed by atoms with E-state index in [4.69, 9.17) is 4.74 Å². The van der Waals surface area contributed by atoms with Gasteiger partial charge in [0.1, 0.15) is 17.3 Å². The molecule has 8 heteroatoms. The van der Waals surface area contributed by atoms with Crippen molar-refractivity contribution in [1.29, 1.82) is 0 Å². The van der Waals surface area contributed by atoms with Crippen LogP contribution < -0.4 is 10.2 Å². The number of hydrogen-bond acceptors (Lipinski definition) is 6. The molecule has 1 aliphatic heterocycles. The van der Waals surface area contributed by atoms with Crippen molar-refractivity contribution in [2.75, 3.05) is 37.7 Å². The summed E-state index contributed by atoms with van der Waals surface area (Å²) in [4.78, 5) is 36.8. The molecule has 0 spiro atoms. The van der Waals surface area contributed by atoms with Crippen LogP contribution >= 0.6 is 0 Å². The van der Waals surface area contributed by atoms with Crippen molar-refractivity contribution in [2.24, 2.45) is 0 Å². The van der Waals surface area contributed by atoms with Crippen LogP contribution in [0.2, 0.25) is 0 Å². The molecule has 8 nitrogen and oxygen atoms in total. The maximum atomic E-state index is 12.5. The molecule has 2 amide bonds. The molecule has 28 heavy (non-hydrogen) atoms. The lowest BCUT2D eigenvalue weighted by Crippen LogP contribution is -2.49. The number of aromatic nitrogens is 2. The normalized spacial score (nSPS) is 13.9. The Hall–Kier alpha value is -3.16. The Balaban J connectivity index is 1.63. The maximum Gasteiger partial charge on any atom is 0.409 e. The minimum Gasteiger partial charge on any atom is -0.450 e. The van der Waals surface area contributed by atoms with Gasteiger partial charge in [-0.25, -0.2) is 14.8 Å². The first-order valence-corrected chi connectivity index (χ1v) is 9.41. The summed E-state index contributed by atoms with van der Waals surface area (Å²) in [5.41, 5.74) is 1.36. The van der Waals surface area contributed by atoms with E-state index in [0.717, 1.165) is 5.56 Å². The molecule has 1 saturated heterocycles. The number of aryl methyl sites for hydroxylation is 1. The van der Waals surface area contributed by atoms with E-state index in [1.165, 1.54) is 0 Å². The van der Waals surface area contributed by atoms with E-state index >= 15 is 0 Å². The second-order valence-corrected chi connectivity index (χ2v) is 6.50. The van der Waals surface area contributed by atoms with Crippen molar-refractivity contribution in [1.82, 2.24) is 20.2 Å². The molecule has 148 valence electrons. The van der Waals surface area contributed by atoms with Crippen LogP contribution in [0.25, 0.3) is 0 Å². The molecule has 1 N–H and O–H groups in total. The second kappa shape index (κ2) is 9.16. The first-order chi connectivity index (χ1) is 13.6. The number of carbonyl (C=O) groups excluding carboxylic acids is 2. The Labute approximate surface area is 164 Å². The number of nitrogens with zero attached hydrogens (tertiary/aromatic N) is 4. The predicted octanol–water partition coefficient (Wildman–Crippen LogP) is 1.99. The van der Waals surface area contributed by atoms with Crippen molar-refractivity contribution in [3.8, 4) is 0 Å². The van der Waals surface area contributed by atoms with Crippen LogP contribution in [-0.4, -0.2) is 59.7 Å². The van der Waals surface area contributed by atoms with Gasteiger partial charge in [-0.15, -0.1) is 0 Å². The van der Waals surface area contributed by atoms with Crippen LogP contribution in [0.15, 0.2) is 36.4 Å². The van der Waals surface area contributed by atoms with E-state index in [2.05, 4.69) is 20.2 Å². The highest BCUT2D eigenvalue weighted by Gasteiger charge is 2.23. The maximum absolute atomic E-state index is 12.5. The Morgan fingerprint density at radius 2 is 1.82 bits per heavy atom. The van der Waals surface area contributed by atoms with Gasteiger partial charge in [-0.05, 0) is 19.4 Å². The van der Waals surface area contributed by atoms with Gasteiger partial charge in [-0.1, -0.05) is 30.3 Å². The molecule has 1 fully saturated rings. The van der Waals surface area contributed by atoms with Crippen LogP contribution in [0.3, 0.4) is 0 Å². The number of benzene rings is 1. The zero-order valence-corrected chi connectivity index (χ0v) is 16.2. The summed E-state index contributed by atoms with van der Waals surface area (Å²) < 4.78 is 5.05. The largest absolute Gasteiger partial charge is 0.450 e. The van der Waals surface area contributed by atoms with E-state index in [0.29, 0.717) is 56.7 Å². The lowest BCUT2D eigenvalue weighted by molar-refractivity contribution is 0.0945. The number of ether oxygens (including phenoxy) is 1. The summed E-state index contributed by atoms with van der Waals surface area (Å²) in [6.45, 7) is 6.73. The Kier molecular flexibility index (Phi) is 6.41. The van der Waals surface area contributed by atoms with Crippen LogP contribution in [0, 0.1) is 6.92 Å². The first kappa shape index (κ1) is 19.6. The molecule has 0 saturated carbocycles. The quantitative estimate of drug-likeness (QED) is 0.850. The molecular formula is C20H25N5O3. The number of rotatable bonds is 5. The smallest absolute Gasteiger partial charge is 0.409 e. The summed E-state index contributed by atoms with van der Waals surface area (Å²) >= 11 is 0. The number of amides is 2. The zero-order valence-electron chi connectivity index (χ0n) is 16.2. The Morgan fingerprint density at radius 3 is 2.50 bits per heavy atom. The summed E-state index contributed by atoms with van der Waals surface area (Å²) in [7, 11) is 0. The lowest BCUT2D eigenvalue weighted by atomic mass is 10.2. The van der Waals surface area contributed by atoms with Crippen molar-refractivity contribution in [3.05, 3.63) is 53.5 Å². The monoisotopic (exact) mass is 383 g/mol. The van der Waals surface area contributed by atoms with Gasteiger partial charge in [-0.3, -0.25) is 4.79 Å². The highest BCUT2D eigenvalue weighted by Crippen LogP contribution is 2.16. The van der Waals surface area contributed by atoms with Gasteiger partial charge >= 0.3 is 6.09 Å². The molecule has 3 rings (SSSR count). The highest BCUT2D eigenvalue weighted by atomic mass is 16.6. The molecule has 2 heterocycles. The number of nitrogens with one attached hydrogen (secondary N) is 1. The van der Waals surface area contributed by atoms with E-state index in [9.17, 15) is 9.59 Å². The molecule has 0 bridgehead atoms. The first-order valence-electron chi connectivity index (χ1n) is 9.41. The Bertz CT molecular complexity index is 820. The third-order valence-corrected chi connectivity index (χ3v) is 4.48. The van der Waals surface area contributed by atoms with E-state index in [-0.39, 0.29) is 12.0 Å². The second-order valence-electron chi connectivity index (χ2n) is 6.50. The average Bonchev–Trinajstić information content (AvgIpc) is 2.72. The summed E-state index contributed by atoms with van der Waals surface area (Å²) in [5.74, 6) is 0.997. The van der Waals surface area contributed by atoms with Crippen LogP contribution in [-0.2, 0) is 11.3 Å². The topological polar surface area (TPSA) is 87.7 Å². The van der Waals surface area contributed by atoms with Crippen LogP contribution in [0.5, 0.6) is 0 Å². The highest BCUT2D eigenvalue weighted by molar-refractivity contribution is 5.92. The van der Waals surface area contributed by atoms with E-state index < -0.39 is 0 Å². The van der Waals surface area contributed by atoms with Gasteiger partial charge in [0.15, 0.2) is 0 Å². The molecule has 2 aromatic rings. The third-order valence-electron chi connectivity index (χ3n) is 4.48. The third kappa shape index (κ3) is 4.97. The van der Waals surface area contributed by atoms with Crippen molar-refractivity contribution < 1.29 is 14.3 Å². The van der Waals surface area contributed by atoms with Gasteiger partial charge < -0.3 is 19.9 Å². The fourth-order valence-electron chi connectivity index (χ4n) is 3.03. The van der Waals surface area contributed by atoms with E-state index in [1.807, 2.05) is 30.3 Å². The van der Waals surface area contributed by atoms with Gasteiger partial charge in [0.2, 0.25) is 0 Å². The number of hydrogen-bond donors (Lipinski definition) is 1. The van der Waals surface area contributed by atoms with Crippen molar-refractivity contribution in [2.45, 2.75) is 20.4 Å². The van der Waals surface area contributed by atoms with Gasteiger partial charge in [0.05, 0.1) is 6.61 Å². The molecule has 1 aromatic heterocycles. The van der Waals surface area contributed by atoms with Gasteiger partial charge in [-0.2, -0.15) is 0 Å². The van der Waals surface area contributed by atoms with Gasteiger partial charge in [0, 0.05) is 38.8 Å². The summed E-state index contributed by atoms with van der Waals surface area (Å²) in [6, 6.07) is 11.4. The molecule has 1 aliphatic rings. The molecule has 1 aromatic carbocycles. The SMILES string of the molecule is CCOC(=O)N1CCN(c2cc(C(=O)NCc3ccccc3)nc(C)n2)CC1. The average molecular weight is 383 g/mol. The molecular weight excluding hydrogens is 358 g/mol. The Morgan fingerprint density at radius 1 is 1.11 bits per heavy atom. The fourth-order valence-corrected chi connectivity index (χ4v) is 3.03. The van der Waals surface area contributed by atoms with Crippen LogP contribution in [0.1, 0.15) is 28.8 Å². The summed E-state index contributed by atoms with van der Waals surface area (Å²) in [6.07, 6.45) is -0.290. The molecule has 0 radical (unpaired) electrons. The molecule has 0 unspecified atom stereocenters. The van der Waals surface area contributed by atoms with Crippen molar-refractivity contribution in [3.63, 3.8) is 0 Å². The minimum atomic E-state index is -0.290. The minimum absolute atomic E-state index is 0.235. The molecule has 0 aliphatic carbocycles.